The van der Waals surface area contributed by atoms with Crippen LogP contribution < -0.4 is 5.32 Å². The second-order valence-corrected chi connectivity index (χ2v) is 6.49. The maximum Gasteiger partial charge on any atom is 0.321 e. The summed E-state index contributed by atoms with van der Waals surface area (Å²) in [6.07, 6.45) is 1.45. The van der Waals surface area contributed by atoms with Crippen molar-refractivity contribution in [3.8, 4) is 11.4 Å². The van der Waals surface area contributed by atoms with Gasteiger partial charge in [-0.2, -0.15) is 4.98 Å². The summed E-state index contributed by atoms with van der Waals surface area (Å²) in [6, 6.07) is 15.5. The van der Waals surface area contributed by atoms with E-state index in [4.69, 9.17) is 4.52 Å². The molecule has 3 aromatic rings. The Morgan fingerprint density at radius 1 is 1.07 bits per heavy atom. The van der Waals surface area contributed by atoms with Crippen molar-refractivity contribution in [2.45, 2.75) is 18.8 Å². The van der Waals surface area contributed by atoms with Gasteiger partial charge in [0, 0.05) is 24.6 Å². The average molecular weight is 366 g/mol. The largest absolute Gasteiger partial charge is 0.339 e. The zero-order chi connectivity index (χ0) is 18.6. The summed E-state index contributed by atoms with van der Waals surface area (Å²) in [4.78, 5) is 18.5. The van der Waals surface area contributed by atoms with Crippen molar-refractivity contribution in [3.63, 3.8) is 0 Å². The van der Waals surface area contributed by atoms with Gasteiger partial charge in [0.15, 0.2) is 0 Å². The number of para-hydroxylation sites is 1. The highest BCUT2D eigenvalue weighted by molar-refractivity contribution is 5.89. The van der Waals surface area contributed by atoms with Crippen LogP contribution in [0.2, 0.25) is 0 Å². The molecule has 6 nitrogen and oxygen atoms in total. The molecule has 1 aliphatic rings. The summed E-state index contributed by atoms with van der Waals surface area (Å²) in [5.41, 5.74) is 1.10. The van der Waals surface area contributed by atoms with E-state index in [2.05, 4.69) is 15.5 Å². The fraction of sp³-hybridized carbons (Fsp3) is 0.250. The maximum absolute atomic E-state index is 13.7. The van der Waals surface area contributed by atoms with Gasteiger partial charge in [0.1, 0.15) is 5.82 Å². The number of anilines is 1. The summed E-state index contributed by atoms with van der Waals surface area (Å²) < 4.78 is 19.1. The zero-order valence-corrected chi connectivity index (χ0v) is 14.6. The third kappa shape index (κ3) is 3.81. The molecular weight excluding hydrogens is 347 g/mol. The van der Waals surface area contributed by atoms with Crippen LogP contribution in [0.25, 0.3) is 11.4 Å². The van der Waals surface area contributed by atoms with E-state index in [-0.39, 0.29) is 17.6 Å². The molecule has 0 spiro atoms. The van der Waals surface area contributed by atoms with Gasteiger partial charge in [0.2, 0.25) is 11.7 Å². The lowest BCUT2D eigenvalue weighted by atomic mass is 9.97. The van der Waals surface area contributed by atoms with E-state index < -0.39 is 5.82 Å². The van der Waals surface area contributed by atoms with Crippen LogP contribution in [0.15, 0.2) is 59.1 Å². The van der Waals surface area contributed by atoms with Crippen molar-refractivity contribution in [3.05, 3.63) is 66.3 Å². The van der Waals surface area contributed by atoms with Crippen LogP contribution in [0, 0.1) is 5.82 Å². The minimum Gasteiger partial charge on any atom is -0.339 e. The van der Waals surface area contributed by atoms with Crippen molar-refractivity contribution < 1.29 is 13.7 Å². The molecular formula is C20H19FN4O2. The van der Waals surface area contributed by atoms with E-state index >= 15 is 0 Å². The molecule has 0 aliphatic carbocycles. The number of halogens is 1. The van der Waals surface area contributed by atoms with E-state index in [9.17, 15) is 9.18 Å². The van der Waals surface area contributed by atoms with Crippen molar-refractivity contribution in [2.75, 3.05) is 18.4 Å². The van der Waals surface area contributed by atoms with Crippen molar-refractivity contribution >= 4 is 11.7 Å². The van der Waals surface area contributed by atoms with Gasteiger partial charge in [-0.25, -0.2) is 9.18 Å². The number of hydrogen-bond donors (Lipinski definition) is 1. The van der Waals surface area contributed by atoms with Crippen LogP contribution in [0.4, 0.5) is 14.9 Å². The minimum atomic E-state index is -0.444. The number of hydrogen-bond acceptors (Lipinski definition) is 4. The molecule has 2 heterocycles. The molecule has 1 N–H and O–H groups in total. The van der Waals surface area contributed by atoms with Gasteiger partial charge in [0.05, 0.1) is 5.69 Å². The van der Waals surface area contributed by atoms with Gasteiger partial charge in [-0.3, -0.25) is 0 Å². The molecule has 1 aliphatic heterocycles. The number of nitrogens with zero attached hydrogens (tertiary/aromatic N) is 3. The van der Waals surface area contributed by atoms with Gasteiger partial charge in [-0.05, 0) is 25.0 Å². The first-order valence-corrected chi connectivity index (χ1v) is 8.90. The molecule has 0 bridgehead atoms. The Morgan fingerprint density at radius 2 is 1.78 bits per heavy atom. The van der Waals surface area contributed by atoms with E-state index in [1.807, 2.05) is 30.3 Å². The maximum atomic E-state index is 13.7. The summed E-state index contributed by atoms with van der Waals surface area (Å²) in [7, 11) is 0. The highest BCUT2D eigenvalue weighted by Crippen LogP contribution is 2.29. The highest BCUT2D eigenvalue weighted by atomic mass is 19.1. The van der Waals surface area contributed by atoms with E-state index in [0.29, 0.717) is 24.8 Å². The number of amides is 2. The predicted molar refractivity (Wildman–Crippen MR) is 98.7 cm³/mol. The molecule has 0 atom stereocenters. The molecule has 0 saturated carbocycles. The number of carbonyl (C=O) groups excluding carboxylic acids is 1. The Balaban J connectivity index is 1.36. The zero-order valence-electron chi connectivity index (χ0n) is 14.6. The number of aromatic nitrogens is 2. The van der Waals surface area contributed by atoms with E-state index in [0.717, 1.165) is 18.4 Å². The molecule has 1 aromatic heterocycles. The molecule has 4 rings (SSSR count). The Bertz CT molecular complexity index is 920. The van der Waals surface area contributed by atoms with Crippen LogP contribution in [0.1, 0.15) is 24.7 Å². The van der Waals surface area contributed by atoms with Crippen molar-refractivity contribution in [1.82, 2.24) is 15.0 Å². The van der Waals surface area contributed by atoms with Crippen molar-refractivity contribution in [2.24, 2.45) is 0 Å². The molecule has 7 heteroatoms. The van der Waals surface area contributed by atoms with Gasteiger partial charge in [-0.15, -0.1) is 0 Å². The van der Waals surface area contributed by atoms with Gasteiger partial charge >= 0.3 is 6.03 Å². The van der Waals surface area contributed by atoms with Crippen molar-refractivity contribution in [1.29, 1.82) is 0 Å². The Hall–Kier alpha value is -3.22. The Morgan fingerprint density at radius 3 is 2.52 bits per heavy atom. The monoisotopic (exact) mass is 366 g/mol. The van der Waals surface area contributed by atoms with E-state index in [1.54, 1.807) is 23.1 Å². The van der Waals surface area contributed by atoms with Gasteiger partial charge in [0.25, 0.3) is 0 Å². The first kappa shape index (κ1) is 17.2. The van der Waals surface area contributed by atoms with Gasteiger partial charge < -0.3 is 14.7 Å². The lowest BCUT2D eigenvalue weighted by molar-refractivity contribution is 0.187. The lowest BCUT2D eigenvalue weighted by Crippen LogP contribution is -2.40. The van der Waals surface area contributed by atoms with Crippen LogP contribution in [0.3, 0.4) is 0 Å². The number of rotatable bonds is 3. The second-order valence-electron chi connectivity index (χ2n) is 6.49. The number of benzene rings is 2. The fourth-order valence-corrected chi connectivity index (χ4v) is 3.19. The summed E-state index contributed by atoms with van der Waals surface area (Å²) >= 11 is 0. The summed E-state index contributed by atoms with van der Waals surface area (Å²) in [6.45, 7) is 1.10. The Kier molecular flexibility index (Phi) is 4.82. The molecule has 1 fully saturated rings. The normalized spacial score (nSPS) is 14.9. The van der Waals surface area contributed by atoms with E-state index in [1.165, 1.54) is 6.07 Å². The number of carbonyl (C=O) groups is 1. The second kappa shape index (κ2) is 7.57. The molecule has 0 unspecified atom stereocenters. The number of urea groups is 1. The topological polar surface area (TPSA) is 71.3 Å². The van der Waals surface area contributed by atoms with Crippen LogP contribution in [-0.4, -0.2) is 34.2 Å². The first-order chi connectivity index (χ1) is 13.2. The minimum absolute atomic E-state index is 0.118. The fourth-order valence-electron chi connectivity index (χ4n) is 3.19. The van der Waals surface area contributed by atoms with Crippen LogP contribution in [0.5, 0.6) is 0 Å². The molecule has 27 heavy (non-hydrogen) atoms. The van der Waals surface area contributed by atoms with Gasteiger partial charge in [-0.1, -0.05) is 47.6 Å². The average Bonchev–Trinajstić information content (AvgIpc) is 3.21. The molecule has 0 radical (unpaired) electrons. The predicted octanol–water partition coefficient (Wildman–Crippen LogP) is 4.29. The van der Waals surface area contributed by atoms with Crippen LogP contribution in [-0.2, 0) is 0 Å². The molecule has 1 saturated heterocycles. The Labute approximate surface area is 156 Å². The quantitative estimate of drug-likeness (QED) is 0.751. The first-order valence-electron chi connectivity index (χ1n) is 8.90. The molecule has 2 amide bonds. The molecule has 138 valence electrons. The summed E-state index contributed by atoms with van der Waals surface area (Å²) in [5.74, 6) is 0.848. The standard InChI is InChI=1S/C20H19FN4O2/c21-16-8-4-5-9-17(16)22-20(26)25-12-10-15(11-13-25)19-23-18(24-27-19)14-6-2-1-3-7-14/h1-9,15H,10-13H2,(H,22,26). The third-order valence-electron chi connectivity index (χ3n) is 4.72. The number of likely N-dealkylation sites (tertiary alicyclic amines) is 1. The summed E-state index contributed by atoms with van der Waals surface area (Å²) in [5, 5.41) is 6.68. The smallest absolute Gasteiger partial charge is 0.321 e. The number of piperidine rings is 1. The molecule has 2 aromatic carbocycles. The number of nitrogens with one attached hydrogen (secondary N) is 1. The highest BCUT2D eigenvalue weighted by Gasteiger charge is 2.28. The SMILES string of the molecule is O=C(Nc1ccccc1F)N1CCC(c2nc(-c3ccccc3)no2)CC1. The lowest BCUT2D eigenvalue weighted by Gasteiger charge is -2.30. The van der Waals surface area contributed by atoms with Crippen LogP contribution >= 0.6 is 0 Å². The third-order valence-corrected chi connectivity index (χ3v) is 4.72.